The third-order valence-corrected chi connectivity index (χ3v) is 3.73. The molecule has 0 aliphatic carbocycles. The highest BCUT2D eigenvalue weighted by Gasteiger charge is 2.16. The molecule has 102 valence electrons. The zero-order chi connectivity index (χ0) is 13.8. The van der Waals surface area contributed by atoms with Gasteiger partial charge in [0.2, 0.25) is 0 Å². The van der Waals surface area contributed by atoms with Gasteiger partial charge in [0.05, 0.1) is 6.04 Å². The summed E-state index contributed by atoms with van der Waals surface area (Å²) in [5.41, 5.74) is 1.06. The van der Waals surface area contributed by atoms with E-state index < -0.39 is 0 Å². The predicted octanol–water partition coefficient (Wildman–Crippen LogP) is 4.38. The molecule has 1 N–H and O–H groups in total. The van der Waals surface area contributed by atoms with Gasteiger partial charge in [-0.05, 0) is 49.7 Å². The number of furan rings is 1. The molecule has 4 heteroatoms. The van der Waals surface area contributed by atoms with Crippen molar-refractivity contribution >= 4 is 15.9 Å². The van der Waals surface area contributed by atoms with Crippen LogP contribution in [0.4, 0.5) is 4.39 Å². The molecule has 0 aliphatic rings. The van der Waals surface area contributed by atoms with Crippen LogP contribution in [0, 0.1) is 12.7 Å². The van der Waals surface area contributed by atoms with Crippen LogP contribution in [0.5, 0.6) is 0 Å². The van der Waals surface area contributed by atoms with E-state index in [-0.39, 0.29) is 11.9 Å². The molecule has 0 bridgehead atoms. The van der Waals surface area contributed by atoms with Crippen LogP contribution in [0.1, 0.15) is 30.0 Å². The molecule has 1 unspecified atom stereocenters. The number of hydrogen-bond acceptors (Lipinski definition) is 2. The molecule has 0 fully saturated rings. The molecule has 0 aliphatic heterocycles. The van der Waals surface area contributed by atoms with E-state index >= 15 is 0 Å². The largest absolute Gasteiger partial charge is 0.465 e. The number of nitrogens with one attached hydrogen (secondary N) is 1. The number of rotatable bonds is 5. The lowest BCUT2D eigenvalue weighted by Gasteiger charge is -2.16. The number of aryl methyl sites for hydroxylation is 1. The highest BCUT2D eigenvalue weighted by atomic mass is 79.9. The van der Waals surface area contributed by atoms with Gasteiger partial charge in [0.1, 0.15) is 17.3 Å². The molecule has 0 saturated heterocycles. The van der Waals surface area contributed by atoms with E-state index in [4.69, 9.17) is 4.42 Å². The van der Waals surface area contributed by atoms with Crippen LogP contribution in [-0.2, 0) is 6.42 Å². The van der Waals surface area contributed by atoms with E-state index in [1.165, 1.54) is 12.1 Å². The van der Waals surface area contributed by atoms with Crippen molar-refractivity contribution < 1.29 is 8.81 Å². The first-order valence-electron chi connectivity index (χ1n) is 6.33. The Bertz CT molecular complexity index is 553. The van der Waals surface area contributed by atoms with Crippen LogP contribution in [-0.4, -0.2) is 6.54 Å². The Morgan fingerprint density at radius 3 is 2.68 bits per heavy atom. The lowest BCUT2D eigenvalue weighted by molar-refractivity contribution is 0.403. The maximum Gasteiger partial charge on any atom is 0.124 e. The summed E-state index contributed by atoms with van der Waals surface area (Å²) < 4.78 is 19.6. The van der Waals surface area contributed by atoms with Crippen LogP contribution < -0.4 is 5.32 Å². The van der Waals surface area contributed by atoms with Crippen molar-refractivity contribution in [2.75, 3.05) is 6.54 Å². The Morgan fingerprint density at radius 2 is 2.11 bits per heavy atom. The standard InChI is InChI=1S/C15H17BrFNO/c1-3-18-14(15-7-4-10(2)19-15)8-11-5-6-12(17)9-13(11)16/h4-7,9,14,18H,3,8H2,1-2H3. The lowest BCUT2D eigenvalue weighted by atomic mass is 10.0. The maximum atomic E-state index is 13.1. The second-order valence-electron chi connectivity index (χ2n) is 4.50. The summed E-state index contributed by atoms with van der Waals surface area (Å²) >= 11 is 3.41. The molecule has 2 rings (SSSR count). The monoisotopic (exact) mass is 325 g/mol. The molecule has 2 aromatic rings. The molecule has 1 aromatic heterocycles. The van der Waals surface area contributed by atoms with Gasteiger partial charge in [-0.3, -0.25) is 0 Å². The van der Waals surface area contributed by atoms with Crippen molar-refractivity contribution in [1.82, 2.24) is 5.32 Å². The van der Waals surface area contributed by atoms with Crippen molar-refractivity contribution in [3.05, 3.63) is 57.7 Å². The molecule has 1 heterocycles. The van der Waals surface area contributed by atoms with Crippen LogP contribution in [0.25, 0.3) is 0 Å². The van der Waals surface area contributed by atoms with E-state index in [1.807, 2.05) is 19.1 Å². The summed E-state index contributed by atoms with van der Waals surface area (Å²) in [7, 11) is 0. The first-order chi connectivity index (χ1) is 9.10. The number of likely N-dealkylation sites (N-methyl/N-ethyl adjacent to an activating group) is 1. The molecular formula is C15H17BrFNO. The third-order valence-electron chi connectivity index (χ3n) is 2.99. The fourth-order valence-electron chi connectivity index (χ4n) is 2.07. The van der Waals surface area contributed by atoms with Gasteiger partial charge in [0.15, 0.2) is 0 Å². The molecule has 1 atom stereocenters. The number of hydrogen-bond donors (Lipinski definition) is 1. The van der Waals surface area contributed by atoms with Crippen LogP contribution >= 0.6 is 15.9 Å². The van der Waals surface area contributed by atoms with Gasteiger partial charge in [-0.15, -0.1) is 0 Å². The molecule has 0 saturated carbocycles. The van der Waals surface area contributed by atoms with Gasteiger partial charge >= 0.3 is 0 Å². The van der Waals surface area contributed by atoms with Gasteiger partial charge in [-0.2, -0.15) is 0 Å². The highest BCUT2D eigenvalue weighted by Crippen LogP contribution is 2.25. The summed E-state index contributed by atoms with van der Waals surface area (Å²) in [6.45, 7) is 4.84. The SMILES string of the molecule is CCNC(Cc1ccc(F)cc1Br)c1ccc(C)o1. The topological polar surface area (TPSA) is 25.2 Å². The Balaban J connectivity index is 2.21. The Kier molecular flexibility index (Phi) is 4.77. The minimum absolute atomic E-state index is 0.0976. The average molecular weight is 326 g/mol. The second-order valence-corrected chi connectivity index (χ2v) is 5.35. The third kappa shape index (κ3) is 3.67. The Labute approximate surface area is 121 Å². The van der Waals surface area contributed by atoms with Crippen molar-refractivity contribution in [3.8, 4) is 0 Å². The van der Waals surface area contributed by atoms with Gasteiger partial charge in [0.25, 0.3) is 0 Å². The maximum absolute atomic E-state index is 13.1. The van der Waals surface area contributed by atoms with Crippen molar-refractivity contribution in [2.24, 2.45) is 0 Å². The first kappa shape index (κ1) is 14.3. The quantitative estimate of drug-likeness (QED) is 0.882. The van der Waals surface area contributed by atoms with Gasteiger partial charge in [-0.1, -0.05) is 28.9 Å². The van der Waals surface area contributed by atoms with Crippen LogP contribution in [0.2, 0.25) is 0 Å². The van der Waals surface area contributed by atoms with E-state index in [0.29, 0.717) is 0 Å². The smallest absolute Gasteiger partial charge is 0.124 e. The summed E-state index contributed by atoms with van der Waals surface area (Å²) in [5, 5.41) is 3.39. The molecule has 0 radical (unpaired) electrons. The normalized spacial score (nSPS) is 12.6. The zero-order valence-corrected chi connectivity index (χ0v) is 12.6. The number of benzene rings is 1. The van der Waals surface area contributed by atoms with E-state index in [9.17, 15) is 4.39 Å². The molecule has 0 spiro atoms. The fraction of sp³-hybridized carbons (Fsp3) is 0.333. The summed E-state index contributed by atoms with van der Waals surface area (Å²) in [6.07, 6.45) is 0.752. The molecule has 2 nitrogen and oxygen atoms in total. The van der Waals surface area contributed by atoms with Crippen LogP contribution in [0.3, 0.4) is 0 Å². The second kappa shape index (κ2) is 6.35. The fourth-order valence-corrected chi connectivity index (χ4v) is 2.58. The van der Waals surface area contributed by atoms with Gasteiger partial charge < -0.3 is 9.73 Å². The minimum atomic E-state index is -0.232. The molecule has 0 amide bonds. The predicted molar refractivity (Wildman–Crippen MR) is 77.7 cm³/mol. The Morgan fingerprint density at radius 1 is 1.32 bits per heavy atom. The van der Waals surface area contributed by atoms with E-state index in [0.717, 1.165) is 34.5 Å². The van der Waals surface area contributed by atoms with Crippen molar-refractivity contribution in [3.63, 3.8) is 0 Å². The van der Waals surface area contributed by atoms with Crippen molar-refractivity contribution in [1.29, 1.82) is 0 Å². The first-order valence-corrected chi connectivity index (χ1v) is 7.13. The Hall–Kier alpha value is -1.13. The van der Waals surface area contributed by atoms with E-state index in [1.54, 1.807) is 6.07 Å². The lowest BCUT2D eigenvalue weighted by Crippen LogP contribution is -2.22. The molecular weight excluding hydrogens is 309 g/mol. The van der Waals surface area contributed by atoms with E-state index in [2.05, 4.69) is 28.2 Å². The highest BCUT2D eigenvalue weighted by molar-refractivity contribution is 9.10. The average Bonchev–Trinajstić information content (AvgIpc) is 2.78. The summed E-state index contributed by atoms with van der Waals surface area (Å²) in [4.78, 5) is 0. The minimum Gasteiger partial charge on any atom is -0.465 e. The number of halogens is 2. The molecule has 19 heavy (non-hydrogen) atoms. The van der Waals surface area contributed by atoms with Gasteiger partial charge in [0, 0.05) is 4.47 Å². The zero-order valence-electron chi connectivity index (χ0n) is 11.0. The summed E-state index contributed by atoms with van der Waals surface area (Å²) in [5.74, 6) is 1.58. The van der Waals surface area contributed by atoms with Gasteiger partial charge in [-0.25, -0.2) is 4.39 Å². The molecule has 1 aromatic carbocycles. The summed E-state index contributed by atoms with van der Waals surface area (Å²) in [6, 6.07) is 8.82. The van der Waals surface area contributed by atoms with Crippen molar-refractivity contribution in [2.45, 2.75) is 26.3 Å². The van der Waals surface area contributed by atoms with Crippen LogP contribution in [0.15, 0.2) is 39.2 Å².